The molecule has 2 heterocycles. The van der Waals surface area contributed by atoms with Crippen molar-refractivity contribution in [2.24, 2.45) is 23.2 Å². The molecule has 0 spiro atoms. The van der Waals surface area contributed by atoms with Crippen molar-refractivity contribution >= 4 is 11.7 Å². The number of carbonyl (C=O) groups is 1. The van der Waals surface area contributed by atoms with E-state index in [1.165, 1.54) is 38.5 Å². The van der Waals surface area contributed by atoms with E-state index in [1.807, 2.05) is 18.3 Å². The topological polar surface area (TPSA) is 48.5 Å². The molecule has 28 heavy (non-hydrogen) atoms. The van der Waals surface area contributed by atoms with Crippen LogP contribution in [0.3, 0.4) is 0 Å². The standard InChI is InChI=1S/C23H34N4O/c1-17(23-13-18-10-19(14-23)12-20(11-18)15-23)25-22(28)16-26-6-8-27(9-7-26)21-4-2-3-5-24-21/h2-5,17-20H,6-16H2,1H3,(H,25,28)/t17-,18?,19?,20?,23?/m1/s1. The molecule has 1 aliphatic heterocycles. The molecule has 1 aromatic rings. The number of piperazine rings is 1. The lowest BCUT2D eigenvalue weighted by Crippen LogP contribution is -2.57. The highest BCUT2D eigenvalue weighted by Crippen LogP contribution is 2.61. The Morgan fingerprint density at radius 1 is 1.11 bits per heavy atom. The van der Waals surface area contributed by atoms with E-state index < -0.39 is 0 Å². The first kappa shape index (κ1) is 18.4. The number of nitrogens with one attached hydrogen (secondary N) is 1. The van der Waals surface area contributed by atoms with Gasteiger partial charge in [-0.3, -0.25) is 9.69 Å². The van der Waals surface area contributed by atoms with Crippen LogP contribution in [-0.4, -0.2) is 54.6 Å². The van der Waals surface area contributed by atoms with Gasteiger partial charge in [-0.1, -0.05) is 6.07 Å². The van der Waals surface area contributed by atoms with Gasteiger partial charge >= 0.3 is 0 Å². The molecule has 1 atom stereocenters. The van der Waals surface area contributed by atoms with Gasteiger partial charge in [0, 0.05) is 38.4 Å². The lowest BCUT2D eigenvalue weighted by atomic mass is 9.48. The molecule has 4 aliphatic carbocycles. The van der Waals surface area contributed by atoms with Crippen LogP contribution in [0.5, 0.6) is 0 Å². The molecule has 4 bridgehead atoms. The van der Waals surface area contributed by atoms with Crippen molar-refractivity contribution in [3.63, 3.8) is 0 Å². The van der Waals surface area contributed by atoms with Gasteiger partial charge in [0.2, 0.25) is 5.91 Å². The van der Waals surface area contributed by atoms with E-state index in [9.17, 15) is 4.79 Å². The first-order chi connectivity index (χ1) is 13.6. The number of pyridine rings is 1. The fourth-order valence-corrected chi connectivity index (χ4v) is 7.03. The monoisotopic (exact) mass is 382 g/mol. The fourth-order valence-electron chi connectivity index (χ4n) is 7.03. The summed E-state index contributed by atoms with van der Waals surface area (Å²) in [6.45, 7) is 6.55. The van der Waals surface area contributed by atoms with Crippen LogP contribution >= 0.6 is 0 Å². The Morgan fingerprint density at radius 3 is 2.32 bits per heavy atom. The number of anilines is 1. The number of hydrogen-bond donors (Lipinski definition) is 1. The van der Waals surface area contributed by atoms with Crippen LogP contribution in [0.2, 0.25) is 0 Å². The van der Waals surface area contributed by atoms with E-state index in [4.69, 9.17) is 0 Å². The van der Waals surface area contributed by atoms with Gasteiger partial charge in [0.1, 0.15) is 5.82 Å². The average molecular weight is 383 g/mol. The highest BCUT2D eigenvalue weighted by Gasteiger charge is 2.53. The Bertz CT molecular complexity index is 663. The van der Waals surface area contributed by atoms with Crippen molar-refractivity contribution in [3.8, 4) is 0 Å². The number of aromatic nitrogens is 1. The van der Waals surface area contributed by atoms with Crippen LogP contribution in [0, 0.1) is 23.2 Å². The maximum absolute atomic E-state index is 12.8. The van der Waals surface area contributed by atoms with E-state index in [0.717, 1.165) is 49.8 Å². The van der Waals surface area contributed by atoms with Gasteiger partial charge in [0.15, 0.2) is 0 Å². The van der Waals surface area contributed by atoms with Crippen LogP contribution in [0.4, 0.5) is 5.82 Å². The lowest BCUT2D eigenvalue weighted by Gasteiger charge is -2.59. The second kappa shape index (κ2) is 7.33. The summed E-state index contributed by atoms with van der Waals surface area (Å²) in [4.78, 5) is 21.8. The summed E-state index contributed by atoms with van der Waals surface area (Å²) >= 11 is 0. The van der Waals surface area contributed by atoms with Gasteiger partial charge in [-0.2, -0.15) is 0 Å². The molecule has 5 heteroatoms. The Morgan fingerprint density at radius 2 is 1.75 bits per heavy atom. The van der Waals surface area contributed by atoms with Gasteiger partial charge in [-0.05, 0) is 80.8 Å². The van der Waals surface area contributed by atoms with E-state index >= 15 is 0 Å². The minimum atomic E-state index is 0.217. The number of nitrogens with zero attached hydrogens (tertiary/aromatic N) is 3. The van der Waals surface area contributed by atoms with Crippen molar-refractivity contribution in [1.29, 1.82) is 0 Å². The minimum absolute atomic E-state index is 0.217. The quantitative estimate of drug-likeness (QED) is 0.851. The summed E-state index contributed by atoms with van der Waals surface area (Å²) < 4.78 is 0. The summed E-state index contributed by atoms with van der Waals surface area (Å²) in [5.41, 5.74) is 0.391. The zero-order chi connectivity index (χ0) is 19.1. The molecule has 5 aliphatic rings. The van der Waals surface area contributed by atoms with E-state index in [2.05, 4.69) is 33.1 Å². The first-order valence-electron chi connectivity index (χ1n) is 11.3. The summed E-state index contributed by atoms with van der Waals surface area (Å²) in [6, 6.07) is 6.38. The summed E-state index contributed by atoms with van der Waals surface area (Å²) in [7, 11) is 0. The Balaban J connectivity index is 1.12. The number of carbonyl (C=O) groups excluding carboxylic acids is 1. The Labute approximate surface area is 168 Å². The molecule has 0 aromatic carbocycles. The maximum atomic E-state index is 12.8. The van der Waals surface area contributed by atoms with E-state index in [1.54, 1.807) is 0 Å². The van der Waals surface area contributed by atoms with Gasteiger partial charge < -0.3 is 10.2 Å². The fraction of sp³-hybridized carbons (Fsp3) is 0.739. The third-order valence-electron chi connectivity index (χ3n) is 8.09. The third-order valence-corrected chi connectivity index (χ3v) is 8.09. The zero-order valence-corrected chi connectivity index (χ0v) is 17.1. The molecule has 5 fully saturated rings. The van der Waals surface area contributed by atoms with Crippen LogP contribution in [0.1, 0.15) is 45.4 Å². The van der Waals surface area contributed by atoms with Crippen LogP contribution in [0.25, 0.3) is 0 Å². The number of rotatable bonds is 5. The van der Waals surface area contributed by atoms with Gasteiger partial charge in [0.25, 0.3) is 0 Å². The molecule has 4 saturated carbocycles. The van der Waals surface area contributed by atoms with E-state index in [-0.39, 0.29) is 5.91 Å². The number of amides is 1. The zero-order valence-electron chi connectivity index (χ0n) is 17.1. The molecular formula is C23H34N4O. The van der Waals surface area contributed by atoms with Crippen molar-refractivity contribution in [1.82, 2.24) is 15.2 Å². The minimum Gasteiger partial charge on any atom is -0.354 e. The molecule has 0 radical (unpaired) electrons. The molecule has 152 valence electrons. The highest BCUT2D eigenvalue weighted by molar-refractivity contribution is 5.78. The maximum Gasteiger partial charge on any atom is 0.234 e. The third kappa shape index (κ3) is 3.54. The molecular weight excluding hydrogens is 348 g/mol. The molecule has 1 N–H and O–H groups in total. The summed E-state index contributed by atoms with van der Waals surface area (Å²) in [5, 5.41) is 3.42. The molecule has 0 unspecified atom stereocenters. The number of hydrogen-bond acceptors (Lipinski definition) is 4. The van der Waals surface area contributed by atoms with Gasteiger partial charge in [-0.15, -0.1) is 0 Å². The van der Waals surface area contributed by atoms with Crippen molar-refractivity contribution < 1.29 is 4.79 Å². The largest absolute Gasteiger partial charge is 0.354 e. The Hall–Kier alpha value is -1.62. The summed E-state index contributed by atoms with van der Waals surface area (Å²) in [5.74, 6) is 4.07. The van der Waals surface area contributed by atoms with Crippen LogP contribution < -0.4 is 10.2 Å². The molecule has 5 nitrogen and oxygen atoms in total. The second-order valence-corrected chi connectivity index (χ2v) is 10.0. The summed E-state index contributed by atoms with van der Waals surface area (Å²) in [6.07, 6.45) is 10.3. The molecule has 1 aromatic heterocycles. The highest BCUT2D eigenvalue weighted by atomic mass is 16.2. The Kier molecular flexibility index (Phi) is 4.82. The van der Waals surface area contributed by atoms with Crippen LogP contribution in [-0.2, 0) is 4.79 Å². The lowest BCUT2D eigenvalue weighted by molar-refractivity contribution is -0.127. The predicted molar refractivity (Wildman–Crippen MR) is 111 cm³/mol. The van der Waals surface area contributed by atoms with Crippen LogP contribution in [0.15, 0.2) is 24.4 Å². The molecule has 1 saturated heterocycles. The average Bonchev–Trinajstić information content (AvgIpc) is 2.68. The predicted octanol–water partition coefficient (Wildman–Crippen LogP) is 2.92. The first-order valence-corrected chi connectivity index (χ1v) is 11.3. The molecule has 1 amide bonds. The van der Waals surface area contributed by atoms with Gasteiger partial charge in [0.05, 0.1) is 6.54 Å². The smallest absolute Gasteiger partial charge is 0.234 e. The van der Waals surface area contributed by atoms with Crippen molar-refractivity contribution in [3.05, 3.63) is 24.4 Å². The van der Waals surface area contributed by atoms with Gasteiger partial charge in [-0.25, -0.2) is 4.98 Å². The second-order valence-electron chi connectivity index (χ2n) is 10.0. The van der Waals surface area contributed by atoms with Crippen molar-refractivity contribution in [2.45, 2.75) is 51.5 Å². The normalized spacial score (nSPS) is 35.8. The van der Waals surface area contributed by atoms with E-state index in [0.29, 0.717) is 18.0 Å². The van der Waals surface area contributed by atoms with Crippen molar-refractivity contribution in [2.75, 3.05) is 37.6 Å². The SMILES string of the molecule is C[C@@H](NC(=O)CN1CCN(c2ccccn2)CC1)C12CC3CC(CC(C3)C1)C2. The molecule has 6 rings (SSSR count).